The van der Waals surface area contributed by atoms with Gasteiger partial charge in [-0.25, -0.2) is 0 Å². The maximum atomic E-state index is 12.5. The van der Waals surface area contributed by atoms with E-state index in [0.717, 1.165) is 50.0 Å². The van der Waals surface area contributed by atoms with Crippen molar-refractivity contribution in [1.82, 2.24) is 20.4 Å². The minimum atomic E-state index is 0.240. The second kappa shape index (κ2) is 11.7. The van der Waals surface area contributed by atoms with Crippen molar-refractivity contribution < 1.29 is 4.79 Å². The number of carbonyl (C=O) groups excluding carboxylic acids is 1. The largest absolute Gasteiger partial charge is 0.356 e. The van der Waals surface area contributed by atoms with E-state index in [0.29, 0.717) is 30.8 Å². The maximum absolute atomic E-state index is 12.5. The molecule has 0 spiro atoms. The molecule has 0 saturated carbocycles. The topological polar surface area (TPSA) is 60.0 Å². The van der Waals surface area contributed by atoms with Crippen LogP contribution < -0.4 is 10.6 Å². The molecule has 31 heavy (non-hydrogen) atoms. The molecule has 2 fully saturated rings. The Bertz CT molecular complexity index is 755. The molecule has 3 unspecified atom stereocenters. The SMILES string of the molecule is CN=C(NCCC(=O)N1CCCC(C)C1)NCC1CCCN(C)C1c1cccc(Cl)c1. The van der Waals surface area contributed by atoms with Gasteiger partial charge in [-0.2, -0.15) is 0 Å². The van der Waals surface area contributed by atoms with Gasteiger partial charge in [0.05, 0.1) is 0 Å². The molecule has 0 aliphatic carbocycles. The Hall–Kier alpha value is -1.79. The fourth-order valence-corrected chi connectivity index (χ4v) is 5.20. The molecule has 2 saturated heterocycles. The van der Waals surface area contributed by atoms with E-state index in [1.165, 1.54) is 18.4 Å². The standard InChI is InChI=1S/C24H38ClN5O/c1-18-7-5-14-30(17-18)22(31)11-12-27-24(26-2)28-16-20-9-6-13-29(3)23(20)19-8-4-10-21(25)15-19/h4,8,10,15,18,20,23H,5-7,9,11-14,16-17H2,1-3H3,(H2,26,27,28). The molecule has 1 aromatic rings. The van der Waals surface area contributed by atoms with Crippen LogP contribution in [0.15, 0.2) is 29.3 Å². The smallest absolute Gasteiger partial charge is 0.224 e. The molecule has 0 radical (unpaired) electrons. The number of benzene rings is 1. The van der Waals surface area contributed by atoms with Crippen LogP contribution >= 0.6 is 11.6 Å². The van der Waals surface area contributed by atoms with Gasteiger partial charge in [-0.15, -0.1) is 0 Å². The van der Waals surface area contributed by atoms with Crippen LogP contribution in [0.25, 0.3) is 0 Å². The molecule has 1 amide bonds. The van der Waals surface area contributed by atoms with Crippen LogP contribution in [0.3, 0.4) is 0 Å². The van der Waals surface area contributed by atoms with E-state index in [2.05, 4.69) is 46.6 Å². The van der Waals surface area contributed by atoms with Crippen LogP contribution in [0.5, 0.6) is 0 Å². The Morgan fingerprint density at radius 3 is 2.77 bits per heavy atom. The van der Waals surface area contributed by atoms with Crippen LogP contribution in [0.4, 0.5) is 0 Å². The van der Waals surface area contributed by atoms with Gasteiger partial charge in [0.25, 0.3) is 0 Å². The van der Waals surface area contributed by atoms with E-state index < -0.39 is 0 Å². The summed E-state index contributed by atoms with van der Waals surface area (Å²) >= 11 is 6.26. The first kappa shape index (κ1) is 23.9. The first-order valence-electron chi connectivity index (χ1n) is 11.7. The van der Waals surface area contributed by atoms with E-state index in [4.69, 9.17) is 11.6 Å². The summed E-state index contributed by atoms with van der Waals surface area (Å²) < 4.78 is 0. The van der Waals surface area contributed by atoms with Crippen molar-refractivity contribution in [1.29, 1.82) is 0 Å². The molecule has 0 bridgehead atoms. The highest BCUT2D eigenvalue weighted by molar-refractivity contribution is 6.30. The highest BCUT2D eigenvalue weighted by Gasteiger charge is 2.30. The van der Waals surface area contributed by atoms with Crippen LogP contribution in [-0.4, -0.2) is 68.5 Å². The Kier molecular flexibility index (Phi) is 9.02. The van der Waals surface area contributed by atoms with Gasteiger partial charge >= 0.3 is 0 Å². The van der Waals surface area contributed by atoms with Crippen LogP contribution in [0.2, 0.25) is 5.02 Å². The van der Waals surface area contributed by atoms with Crippen molar-refractivity contribution in [3.8, 4) is 0 Å². The van der Waals surface area contributed by atoms with Crippen molar-refractivity contribution >= 4 is 23.5 Å². The van der Waals surface area contributed by atoms with E-state index in [1.54, 1.807) is 7.05 Å². The first-order valence-corrected chi connectivity index (χ1v) is 12.0. The van der Waals surface area contributed by atoms with E-state index >= 15 is 0 Å². The van der Waals surface area contributed by atoms with Crippen molar-refractivity contribution in [2.45, 2.75) is 45.1 Å². The van der Waals surface area contributed by atoms with Crippen molar-refractivity contribution in [3.05, 3.63) is 34.9 Å². The highest BCUT2D eigenvalue weighted by Crippen LogP contribution is 2.35. The number of nitrogens with zero attached hydrogens (tertiary/aromatic N) is 3. The van der Waals surface area contributed by atoms with Crippen LogP contribution in [0, 0.1) is 11.8 Å². The van der Waals surface area contributed by atoms with Gasteiger partial charge in [0.1, 0.15) is 0 Å². The summed E-state index contributed by atoms with van der Waals surface area (Å²) in [6.45, 7) is 6.55. The number of halogens is 1. The molecule has 2 aliphatic heterocycles. The van der Waals surface area contributed by atoms with Crippen LogP contribution in [-0.2, 0) is 4.79 Å². The van der Waals surface area contributed by atoms with Gasteiger partial charge in [0.15, 0.2) is 5.96 Å². The number of carbonyl (C=O) groups is 1. The number of rotatable bonds is 6. The Morgan fingerprint density at radius 1 is 1.23 bits per heavy atom. The van der Waals surface area contributed by atoms with Crippen molar-refractivity contribution in [2.24, 2.45) is 16.8 Å². The molecule has 2 N–H and O–H groups in total. The lowest BCUT2D eigenvalue weighted by Gasteiger charge is -2.40. The number of piperidine rings is 2. The number of nitrogens with one attached hydrogen (secondary N) is 2. The third-order valence-corrected chi connectivity index (χ3v) is 6.83. The normalized spacial score (nSPS) is 25.4. The molecular formula is C24H38ClN5O. The molecule has 172 valence electrons. The molecule has 1 aromatic carbocycles. The Balaban J connectivity index is 1.49. The quantitative estimate of drug-likeness (QED) is 0.517. The molecule has 3 rings (SSSR count). The van der Waals surface area contributed by atoms with E-state index in [9.17, 15) is 4.79 Å². The Morgan fingerprint density at radius 2 is 2.03 bits per heavy atom. The average Bonchev–Trinajstić information content (AvgIpc) is 2.76. The summed E-state index contributed by atoms with van der Waals surface area (Å²) in [5, 5.41) is 7.60. The van der Waals surface area contributed by atoms with Gasteiger partial charge in [-0.3, -0.25) is 14.7 Å². The third-order valence-electron chi connectivity index (χ3n) is 6.59. The van der Waals surface area contributed by atoms with Gasteiger partial charge in [0, 0.05) is 50.7 Å². The van der Waals surface area contributed by atoms with Gasteiger partial charge < -0.3 is 15.5 Å². The van der Waals surface area contributed by atoms with Gasteiger partial charge in [-0.05, 0) is 68.8 Å². The Labute approximate surface area is 192 Å². The molecule has 2 aliphatic rings. The molecule has 3 atom stereocenters. The zero-order chi connectivity index (χ0) is 22.2. The molecular weight excluding hydrogens is 410 g/mol. The summed E-state index contributed by atoms with van der Waals surface area (Å²) in [5.74, 6) is 2.08. The summed E-state index contributed by atoms with van der Waals surface area (Å²) in [6.07, 6.45) is 5.20. The van der Waals surface area contributed by atoms with Crippen LogP contribution in [0.1, 0.15) is 50.6 Å². The zero-order valence-corrected chi connectivity index (χ0v) is 20.0. The molecule has 7 heteroatoms. The zero-order valence-electron chi connectivity index (χ0n) is 19.2. The summed E-state index contributed by atoms with van der Waals surface area (Å²) in [6, 6.07) is 8.55. The highest BCUT2D eigenvalue weighted by atomic mass is 35.5. The lowest BCUT2D eigenvalue weighted by Crippen LogP contribution is -2.46. The number of aliphatic imine (C=N–C) groups is 1. The second-order valence-electron chi connectivity index (χ2n) is 9.10. The van der Waals surface area contributed by atoms with Gasteiger partial charge in [-0.1, -0.05) is 30.7 Å². The predicted molar refractivity (Wildman–Crippen MR) is 129 cm³/mol. The number of hydrogen-bond donors (Lipinski definition) is 2. The molecule has 6 nitrogen and oxygen atoms in total. The van der Waals surface area contributed by atoms with Crippen molar-refractivity contribution in [3.63, 3.8) is 0 Å². The number of guanidine groups is 1. The first-order chi connectivity index (χ1) is 15.0. The van der Waals surface area contributed by atoms with E-state index in [-0.39, 0.29) is 5.91 Å². The lowest BCUT2D eigenvalue weighted by atomic mass is 9.85. The average molecular weight is 448 g/mol. The van der Waals surface area contributed by atoms with Gasteiger partial charge in [0.2, 0.25) is 5.91 Å². The summed E-state index contributed by atoms with van der Waals surface area (Å²) in [4.78, 5) is 21.3. The monoisotopic (exact) mass is 447 g/mol. The molecule has 0 aromatic heterocycles. The second-order valence-corrected chi connectivity index (χ2v) is 9.54. The fourth-order valence-electron chi connectivity index (χ4n) is 5.00. The number of amides is 1. The maximum Gasteiger partial charge on any atom is 0.224 e. The van der Waals surface area contributed by atoms with E-state index in [1.807, 2.05) is 17.0 Å². The third kappa shape index (κ3) is 6.84. The summed E-state index contributed by atoms with van der Waals surface area (Å²) in [5.41, 5.74) is 1.27. The fraction of sp³-hybridized carbons (Fsp3) is 0.667. The minimum absolute atomic E-state index is 0.240. The predicted octanol–water partition coefficient (Wildman–Crippen LogP) is 3.54. The summed E-state index contributed by atoms with van der Waals surface area (Å²) in [7, 11) is 3.97. The number of hydrogen-bond acceptors (Lipinski definition) is 3. The molecule has 2 heterocycles. The minimum Gasteiger partial charge on any atom is -0.356 e. The van der Waals surface area contributed by atoms with Crippen molar-refractivity contribution in [2.75, 3.05) is 46.8 Å². The number of likely N-dealkylation sites (tertiary alicyclic amines) is 2. The lowest BCUT2D eigenvalue weighted by molar-refractivity contribution is -0.132.